The number of carboxylic acid groups (broad SMARTS) is 1. The van der Waals surface area contributed by atoms with Crippen LogP contribution in [0.15, 0.2) is 18.2 Å². The molecule has 0 fully saturated rings. The first-order valence-corrected chi connectivity index (χ1v) is 5.14. The number of imidazole rings is 1. The highest BCUT2D eigenvalue weighted by Crippen LogP contribution is 2.30. The Kier molecular flexibility index (Phi) is 2.98. The number of aryl methyl sites for hydroxylation is 1. The lowest BCUT2D eigenvalue weighted by Crippen LogP contribution is -2.04. The number of H-pyrrole nitrogens is 1. The molecule has 2 N–H and O–H groups in total. The third-order valence-electron chi connectivity index (χ3n) is 2.43. The van der Waals surface area contributed by atoms with E-state index in [9.17, 15) is 18.0 Å². The van der Waals surface area contributed by atoms with Gasteiger partial charge in [0.1, 0.15) is 5.82 Å². The van der Waals surface area contributed by atoms with Crippen LogP contribution in [0.2, 0.25) is 0 Å². The average molecular weight is 258 g/mol. The zero-order valence-corrected chi connectivity index (χ0v) is 9.08. The second-order valence-electron chi connectivity index (χ2n) is 3.81. The fourth-order valence-electron chi connectivity index (χ4n) is 1.58. The van der Waals surface area contributed by atoms with Gasteiger partial charge in [-0.2, -0.15) is 13.2 Å². The second kappa shape index (κ2) is 4.32. The van der Waals surface area contributed by atoms with Crippen molar-refractivity contribution in [3.8, 4) is 0 Å². The van der Waals surface area contributed by atoms with Gasteiger partial charge in [0.15, 0.2) is 0 Å². The smallest absolute Gasteiger partial charge is 0.416 e. The molecule has 0 aliphatic heterocycles. The van der Waals surface area contributed by atoms with E-state index in [0.717, 1.165) is 12.1 Å². The molecule has 0 aliphatic rings. The van der Waals surface area contributed by atoms with Gasteiger partial charge < -0.3 is 10.1 Å². The van der Waals surface area contributed by atoms with Crippen molar-refractivity contribution in [2.45, 2.75) is 19.0 Å². The Hall–Kier alpha value is -2.05. The van der Waals surface area contributed by atoms with Gasteiger partial charge in [-0.1, -0.05) is 0 Å². The van der Waals surface area contributed by atoms with Crippen molar-refractivity contribution in [3.05, 3.63) is 29.6 Å². The minimum absolute atomic E-state index is 0.119. The molecule has 18 heavy (non-hydrogen) atoms. The van der Waals surface area contributed by atoms with Crippen LogP contribution in [0.5, 0.6) is 0 Å². The lowest BCUT2D eigenvalue weighted by molar-refractivity contribution is -0.138. The van der Waals surface area contributed by atoms with E-state index in [4.69, 9.17) is 5.11 Å². The molecule has 0 aliphatic carbocycles. The number of fused-ring (bicyclic) bond motifs is 1. The van der Waals surface area contributed by atoms with E-state index in [1.165, 1.54) is 6.07 Å². The number of aliphatic carboxylic acids is 1. The molecule has 4 nitrogen and oxygen atoms in total. The Balaban J connectivity index is 2.31. The van der Waals surface area contributed by atoms with Crippen molar-refractivity contribution in [1.29, 1.82) is 0 Å². The lowest BCUT2D eigenvalue weighted by Gasteiger charge is -2.05. The molecule has 7 heteroatoms. The van der Waals surface area contributed by atoms with Crippen LogP contribution in [0.4, 0.5) is 13.2 Å². The molecule has 1 aromatic carbocycles. The molecule has 0 bridgehead atoms. The average Bonchev–Trinajstić information content (AvgIpc) is 2.66. The first-order valence-electron chi connectivity index (χ1n) is 5.14. The van der Waals surface area contributed by atoms with Gasteiger partial charge in [-0.05, 0) is 18.2 Å². The maximum Gasteiger partial charge on any atom is 0.416 e. The highest BCUT2D eigenvalue weighted by molar-refractivity contribution is 5.76. The molecule has 1 aromatic heterocycles. The number of rotatable bonds is 3. The van der Waals surface area contributed by atoms with E-state index >= 15 is 0 Å². The minimum Gasteiger partial charge on any atom is -0.481 e. The standard InChI is InChI=1S/C11H9F3N2O2/c12-11(13,14)6-1-2-7-8(5-6)16-9(15-7)3-4-10(17)18/h1-2,5H,3-4H2,(H,15,16)(H,17,18). The van der Waals surface area contributed by atoms with E-state index in [1.54, 1.807) is 0 Å². The summed E-state index contributed by atoms with van der Waals surface area (Å²) >= 11 is 0. The maximum absolute atomic E-state index is 12.5. The van der Waals surface area contributed by atoms with Crippen LogP contribution in [-0.2, 0) is 17.4 Å². The Morgan fingerprint density at radius 2 is 2.11 bits per heavy atom. The van der Waals surface area contributed by atoms with Crippen molar-refractivity contribution in [2.24, 2.45) is 0 Å². The van der Waals surface area contributed by atoms with Gasteiger partial charge in [0, 0.05) is 6.42 Å². The Bertz CT molecular complexity index is 589. The van der Waals surface area contributed by atoms with Crippen LogP contribution >= 0.6 is 0 Å². The van der Waals surface area contributed by atoms with Crippen molar-refractivity contribution in [1.82, 2.24) is 9.97 Å². The Labute approximate surface area is 99.5 Å². The minimum atomic E-state index is -4.40. The molecular weight excluding hydrogens is 249 g/mol. The van der Waals surface area contributed by atoms with Gasteiger partial charge in [0.2, 0.25) is 0 Å². The molecule has 2 aromatic rings. The maximum atomic E-state index is 12.5. The quantitative estimate of drug-likeness (QED) is 0.889. The molecule has 0 saturated carbocycles. The molecule has 0 unspecified atom stereocenters. The van der Waals surface area contributed by atoms with Gasteiger partial charge in [-0.15, -0.1) is 0 Å². The second-order valence-corrected chi connectivity index (χ2v) is 3.81. The van der Waals surface area contributed by atoms with E-state index in [1.807, 2.05) is 0 Å². The van der Waals surface area contributed by atoms with Crippen molar-refractivity contribution < 1.29 is 23.1 Å². The Morgan fingerprint density at radius 1 is 1.39 bits per heavy atom. The first-order chi connectivity index (χ1) is 8.36. The van der Waals surface area contributed by atoms with Crippen LogP contribution in [0, 0.1) is 0 Å². The van der Waals surface area contributed by atoms with Gasteiger partial charge in [-0.3, -0.25) is 4.79 Å². The highest BCUT2D eigenvalue weighted by atomic mass is 19.4. The fourth-order valence-corrected chi connectivity index (χ4v) is 1.58. The number of nitrogens with one attached hydrogen (secondary N) is 1. The zero-order chi connectivity index (χ0) is 13.3. The number of carboxylic acids is 1. The Morgan fingerprint density at radius 3 is 2.72 bits per heavy atom. The molecular formula is C11H9F3N2O2. The van der Waals surface area contributed by atoms with Crippen molar-refractivity contribution in [2.75, 3.05) is 0 Å². The number of halogens is 3. The summed E-state index contributed by atoms with van der Waals surface area (Å²) in [4.78, 5) is 17.1. The van der Waals surface area contributed by atoms with Crippen molar-refractivity contribution >= 4 is 17.0 Å². The van der Waals surface area contributed by atoms with Crippen LogP contribution in [0.25, 0.3) is 11.0 Å². The molecule has 2 rings (SSSR count). The van der Waals surface area contributed by atoms with Crippen LogP contribution in [0.1, 0.15) is 17.8 Å². The first kappa shape index (κ1) is 12.4. The van der Waals surface area contributed by atoms with Crippen LogP contribution in [-0.4, -0.2) is 21.0 Å². The molecule has 0 radical (unpaired) electrons. The number of hydrogen-bond donors (Lipinski definition) is 2. The van der Waals surface area contributed by atoms with E-state index in [0.29, 0.717) is 11.3 Å². The number of alkyl halides is 3. The summed E-state index contributed by atoms with van der Waals surface area (Å²) in [6.07, 6.45) is -4.36. The van der Waals surface area contributed by atoms with Crippen molar-refractivity contribution in [3.63, 3.8) is 0 Å². The summed E-state index contributed by atoms with van der Waals surface area (Å²) in [6, 6.07) is 3.18. The summed E-state index contributed by atoms with van der Waals surface area (Å²) < 4.78 is 37.4. The monoisotopic (exact) mass is 258 g/mol. The highest BCUT2D eigenvalue weighted by Gasteiger charge is 2.30. The lowest BCUT2D eigenvalue weighted by atomic mass is 10.2. The predicted octanol–water partition coefficient (Wildman–Crippen LogP) is 2.60. The molecule has 0 atom stereocenters. The van der Waals surface area contributed by atoms with E-state index in [-0.39, 0.29) is 18.4 Å². The molecule has 0 spiro atoms. The van der Waals surface area contributed by atoms with Crippen LogP contribution in [0.3, 0.4) is 0 Å². The predicted molar refractivity (Wildman–Crippen MR) is 57.1 cm³/mol. The van der Waals surface area contributed by atoms with Gasteiger partial charge in [0.05, 0.1) is 23.0 Å². The fraction of sp³-hybridized carbons (Fsp3) is 0.273. The summed E-state index contributed by atoms with van der Waals surface area (Å²) in [5.74, 6) is -0.613. The van der Waals surface area contributed by atoms with Gasteiger partial charge in [0.25, 0.3) is 0 Å². The number of benzene rings is 1. The number of carbonyl (C=O) groups is 1. The molecule has 0 amide bonds. The number of nitrogens with zero attached hydrogens (tertiary/aromatic N) is 1. The summed E-state index contributed by atoms with van der Waals surface area (Å²) in [5.41, 5.74) is -0.114. The number of aromatic amines is 1. The molecule has 96 valence electrons. The number of hydrogen-bond acceptors (Lipinski definition) is 2. The van der Waals surface area contributed by atoms with Gasteiger partial charge >= 0.3 is 12.1 Å². The number of aromatic nitrogens is 2. The molecule has 1 heterocycles. The van der Waals surface area contributed by atoms with Gasteiger partial charge in [-0.25, -0.2) is 4.98 Å². The molecule has 0 saturated heterocycles. The largest absolute Gasteiger partial charge is 0.481 e. The van der Waals surface area contributed by atoms with E-state index in [2.05, 4.69) is 9.97 Å². The topological polar surface area (TPSA) is 66.0 Å². The SMILES string of the molecule is O=C(O)CCc1nc2ccc(C(F)(F)F)cc2[nH]1. The normalized spacial score (nSPS) is 11.9. The third-order valence-corrected chi connectivity index (χ3v) is 2.43. The zero-order valence-electron chi connectivity index (χ0n) is 9.08. The summed E-state index contributed by atoms with van der Waals surface area (Å²) in [5, 5.41) is 8.51. The summed E-state index contributed by atoms with van der Waals surface area (Å²) in [6.45, 7) is 0. The van der Waals surface area contributed by atoms with E-state index < -0.39 is 17.7 Å². The van der Waals surface area contributed by atoms with Crippen LogP contribution < -0.4 is 0 Å². The third kappa shape index (κ3) is 2.61. The summed E-state index contributed by atoms with van der Waals surface area (Å²) in [7, 11) is 0.